The standard InChI is InChI=1S/C14H10O4S2.2C2H7NO/c15-13(16)9-5-1-3-7-11(9)19-20-12-8-4-2-6-10(12)14(17)18;2*3-1-2-4/h1-8H,(H,15,16)(H,17,18);2*4H,1-3H2/p-2. The van der Waals surface area contributed by atoms with E-state index in [9.17, 15) is 19.8 Å². The van der Waals surface area contributed by atoms with E-state index in [-0.39, 0.29) is 24.3 Å². The van der Waals surface area contributed by atoms with E-state index < -0.39 is 11.9 Å². The van der Waals surface area contributed by atoms with Crippen LogP contribution >= 0.6 is 21.6 Å². The van der Waals surface area contributed by atoms with Crippen LogP contribution in [0.1, 0.15) is 20.7 Å². The Hall–Kier alpha value is -2.08. The maximum Gasteiger partial charge on any atom is 0.0726 e. The van der Waals surface area contributed by atoms with E-state index in [0.29, 0.717) is 22.9 Å². The summed E-state index contributed by atoms with van der Waals surface area (Å²) < 4.78 is 0. The third-order valence-corrected chi connectivity index (χ3v) is 5.18. The summed E-state index contributed by atoms with van der Waals surface area (Å²) in [7, 11) is 2.33. The van der Waals surface area contributed by atoms with Gasteiger partial charge in [-0.15, -0.1) is 0 Å². The molecule has 0 aliphatic carbocycles. The van der Waals surface area contributed by atoms with Crippen molar-refractivity contribution in [2.45, 2.75) is 9.79 Å². The number of aliphatic hydroxyl groups is 2. The molecule has 2 aromatic rings. The number of hydrogen-bond donors (Lipinski definition) is 4. The van der Waals surface area contributed by atoms with E-state index in [1.54, 1.807) is 36.4 Å². The monoisotopic (exact) mass is 426 g/mol. The molecular formula is C18H22N2O6S2-2. The SMILES string of the molecule is NCCO.NCCO.O=C([O-])c1ccccc1SSc1ccccc1C(=O)[O-]. The second kappa shape index (κ2) is 15.9. The summed E-state index contributed by atoms with van der Waals surface area (Å²) in [5, 5.41) is 37.4. The van der Waals surface area contributed by atoms with Crippen LogP contribution in [-0.2, 0) is 0 Å². The fourth-order valence-corrected chi connectivity index (χ4v) is 3.85. The van der Waals surface area contributed by atoms with Crippen molar-refractivity contribution in [3.05, 3.63) is 59.7 Å². The molecule has 0 aromatic heterocycles. The van der Waals surface area contributed by atoms with Crippen LogP contribution in [-0.4, -0.2) is 48.5 Å². The molecule has 0 unspecified atom stereocenters. The van der Waals surface area contributed by atoms with Gasteiger partial charge in [0.2, 0.25) is 0 Å². The Morgan fingerprint density at radius 3 is 1.29 bits per heavy atom. The minimum absolute atomic E-state index is 0.0796. The molecule has 0 radical (unpaired) electrons. The zero-order valence-electron chi connectivity index (χ0n) is 14.9. The highest BCUT2D eigenvalue weighted by atomic mass is 33.1. The van der Waals surface area contributed by atoms with Gasteiger partial charge in [-0.05, 0) is 12.1 Å². The number of rotatable bonds is 7. The van der Waals surface area contributed by atoms with Gasteiger partial charge >= 0.3 is 0 Å². The Kier molecular flexibility index (Phi) is 14.7. The van der Waals surface area contributed by atoms with Crippen molar-refractivity contribution in [3.8, 4) is 0 Å². The van der Waals surface area contributed by atoms with Gasteiger partial charge in [0.05, 0.1) is 25.2 Å². The molecule has 0 amide bonds. The lowest BCUT2D eigenvalue weighted by Gasteiger charge is -2.11. The van der Waals surface area contributed by atoms with Gasteiger partial charge in [0.25, 0.3) is 0 Å². The van der Waals surface area contributed by atoms with Gasteiger partial charge in [0, 0.05) is 34.0 Å². The summed E-state index contributed by atoms with van der Waals surface area (Å²) in [6.07, 6.45) is 0. The first kappa shape index (κ1) is 25.9. The van der Waals surface area contributed by atoms with E-state index in [1.165, 1.54) is 12.1 Å². The van der Waals surface area contributed by atoms with Gasteiger partial charge in [-0.3, -0.25) is 0 Å². The predicted molar refractivity (Wildman–Crippen MR) is 106 cm³/mol. The third-order valence-electron chi connectivity index (χ3n) is 2.69. The molecule has 0 saturated carbocycles. The van der Waals surface area contributed by atoms with Gasteiger partial charge in [-0.2, -0.15) is 0 Å². The molecule has 2 aromatic carbocycles. The minimum Gasteiger partial charge on any atom is -0.545 e. The number of carbonyl (C=O) groups is 2. The summed E-state index contributed by atoms with van der Waals surface area (Å²) >= 11 is 0. The molecule has 0 heterocycles. The number of aliphatic hydroxyl groups excluding tert-OH is 2. The number of aromatic carboxylic acids is 2. The summed E-state index contributed by atoms with van der Waals surface area (Å²) in [6, 6.07) is 12.8. The number of benzene rings is 2. The highest BCUT2D eigenvalue weighted by Crippen LogP contribution is 2.40. The summed E-state index contributed by atoms with van der Waals surface area (Å²) in [5.74, 6) is -2.52. The first-order valence-corrected chi connectivity index (χ1v) is 10.1. The molecule has 6 N–H and O–H groups in total. The van der Waals surface area contributed by atoms with Crippen LogP contribution in [0, 0.1) is 0 Å². The summed E-state index contributed by atoms with van der Waals surface area (Å²) in [4.78, 5) is 23.0. The molecule has 0 bridgehead atoms. The maximum absolute atomic E-state index is 11.0. The van der Waals surface area contributed by atoms with Gasteiger partial charge in [-0.25, -0.2) is 0 Å². The van der Waals surface area contributed by atoms with Crippen molar-refractivity contribution in [1.82, 2.24) is 0 Å². The second-order valence-corrected chi connectivity index (χ2v) is 6.97. The van der Waals surface area contributed by atoms with E-state index in [1.807, 2.05) is 0 Å². The second-order valence-electron chi connectivity index (χ2n) is 4.76. The predicted octanol–water partition coefficient (Wildman–Crippen LogP) is -0.912. The first-order chi connectivity index (χ1) is 13.4. The van der Waals surface area contributed by atoms with Crippen molar-refractivity contribution >= 4 is 33.5 Å². The molecule has 0 aliphatic heterocycles. The number of nitrogens with two attached hydrogens (primary N) is 2. The number of carboxylic acids is 2. The van der Waals surface area contributed by atoms with Gasteiger partial charge in [-0.1, -0.05) is 58.0 Å². The highest BCUT2D eigenvalue weighted by molar-refractivity contribution is 8.76. The molecule has 8 nitrogen and oxygen atoms in total. The van der Waals surface area contributed by atoms with Crippen molar-refractivity contribution in [3.63, 3.8) is 0 Å². The lowest BCUT2D eigenvalue weighted by atomic mass is 10.2. The first-order valence-electron chi connectivity index (χ1n) is 8.00. The maximum atomic E-state index is 11.0. The van der Waals surface area contributed by atoms with Crippen LogP contribution in [0.15, 0.2) is 58.3 Å². The van der Waals surface area contributed by atoms with Gasteiger partial charge in [0.15, 0.2) is 0 Å². The van der Waals surface area contributed by atoms with Crippen LogP contribution < -0.4 is 21.7 Å². The minimum atomic E-state index is -1.26. The highest BCUT2D eigenvalue weighted by Gasteiger charge is 2.07. The van der Waals surface area contributed by atoms with Crippen LogP contribution in [0.3, 0.4) is 0 Å². The van der Waals surface area contributed by atoms with E-state index in [0.717, 1.165) is 21.6 Å². The molecule has 0 aliphatic rings. The topological polar surface area (TPSA) is 173 Å². The molecule has 0 fully saturated rings. The number of carbonyl (C=O) groups excluding carboxylic acids is 2. The quantitative estimate of drug-likeness (QED) is 0.406. The van der Waals surface area contributed by atoms with Crippen LogP contribution in [0.5, 0.6) is 0 Å². The molecule has 0 spiro atoms. The Balaban J connectivity index is 0.000000776. The number of hydrogen-bond acceptors (Lipinski definition) is 10. The lowest BCUT2D eigenvalue weighted by Crippen LogP contribution is -2.23. The zero-order valence-corrected chi connectivity index (χ0v) is 16.6. The largest absolute Gasteiger partial charge is 0.545 e. The van der Waals surface area contributed by atoms with Crippen molar-refractivity contribution in [2.24, 2.45) is 11.5 Å². The Bertz CT molecular complexity index is 665. The lowest BCUT2D eigenvalue weighted by molar-refractivity contribution is -0.256. The van der Waals surface area contributed by atoms with Gasteiger partial charge in [0.1, 0.15) is 0 Å². The Morgan fingerprint density at radius 2 is 1.04 bits per heavy atom. The molecular weight excluding hydrogens is 404 g/mol. The van der Waals surface area contributed by atoms with Crippen molar-refractivity contribution in [1.29, 1.82) is 0 Å². The van der Waals surface area contributed by atoms with E-state index in [4.69, 9.17) is 21.7 Å². The van der Waals surface area contributed by atoms with Crippen LogP contribution in [0.2, 0.25) is 0 Å². The number of carboxylic acid groups (broad SMARTS) is 2. The van der Waals surface area contributed by atoms with Crippen LogP contribution in [0.4, 0.5) is 0 Å². The van der Waals surface area contributed by atoms with E-state index >= 15 is 0 Å². The molecule has 0 saturated heterocycles. The summed E-state index contributed by atoms with van der Waals surface area (Å²) in [6.45, 7) is 0.944. The molecule has 154 valence electrons. The average Bonchev–Trinajstić information content (AvgIpc) is 2.72. The molecule has 2 rings (SSSR count). The zero-order chi connectivity index (χ0) is 21.4. The van der Waals surface area contributed by atoms with E-state index in [2.05, 4.69) is 0 Å². The molecule has 28 heavy (non-hydrogen) atoms. The smallest absolute Gasteiger partial charge is 0.0726 e. The fourth-order valence-electron chi connectivity index (χ4n) is 1.51. The van der Waals surface area contributed by atoms with Crippen molar-refractivity contribution < 1.29 is 30.0 Å². The fraction of sp³-hybridized carbons (Fsp3) is 0.222. The Labute approximate surface area is 171 Å². The van der Waals surface area contributed by atoms with Crippen molar-refractivity contribution in [2.75, 3.05) is 26.3 Å². The molecule has 10 heteroatoms. The van der Waals surface area contributed by atoms with Gasteiger partial charge < -0.3 is 41.5 Å². The normalized spacial score (nSPS) is 9.43. The Morgan fingerprint density at radius 1 is 0.750 bits per heavy atom. The summed E-state index contributed by atoms with van der Waals surface area (Å²) in [5.41, 5.74) is 9.71. The van der Waals surface area contributed by atoms with Crippen LogP contribution in [0.25, 0.3) is 0 Å². The average molecular weight is 427 g/mol. The molecule has 0 atom stereocenters. The third kappa shape index (κ3) is 10.3.